The van der Waals surface area contributed by atoms with Gasteiger partial charge in [-0.05, 0) is 60.9 Å². The molecule has 35 heavy (non-hydrogen) atoms. The molecular formula is C27H28IN5O2. The summed E-state index contributed by atoms with van der Waals surface area (Å²) in [6.45, 7) is 9.74. The number of allylic oxidation sites excluding steroid dienone is 1. The zero-order chi connectivity index (χ0) is 24.4. The van der Waals surface area contributed by atoms with Crippen molar-refractivity contribution in [3.8, 4) is 0 Å². The van der Waals surface area contributed by atoms with Gasteiger partial charge in [0.15, 0.2) is 0 Å². The summed E-state index contributed by atoms with van der Waals surface area (Å²) in [6, 6.07) is 11.6. The van der Waals surface area contributed by atoms with Crippen molar-refractivity contribution in [1.82, 2.24) is 15.3 Å². The second kappa shape index (κ2) is 9.94. The first-order valence-electron chi connectivity index (χ1n) is 11.8. The molecule has 1 N–H and O–H groups in total. The molecule has 2 aliphatic heterocycles. The fourth-order valence-electron chi connectivity index (χ4n) is 4.77. The number of rotatable bonds is 6. The number of amides is 1. The predicted molar refractivity (Wildman–Crippen MR) is 148 cm³/mol. The van der Waals surface area contributed by atoms with Crippen molar-refractivity contribution in [2.45, 2.75) is 19.8 Å². The van der Waals surface area contributed by atoms with Crippen LogP contribution in [0.3, 0.4) is 0 Å². The van der Waals surface area contributed by atoms with Gasteiger partial charge in [-0.15, -0.1) is 0 Å². The Bertz CT molecular complexity index is 1290. The highest BCUT2D eigenvalue weighted by Crippen LogP contribution is 2.36. The van der Waals surface area contributed by atoms with Crippen molar-refractivity contribution < 1.29 is 9.53 Å². The third-order valence-electron chi connectivity index (χ3n) is 6.98. The second-order valence-corrected chi connectivity index (χ2v) is 10.1. The zero-order valence-electron chi connectivity index (χ0n) is 19.7. The van der Waals surface area contributed by atoms with Crippen molar-refractivity contribution in [3.63, 3.8) is 0 Å². The van der Waals surface area contributed by atoms with Crippen LogP contribution in [-0.4, -0.2) is 42.1 Å². The molecule has 7 nitrogen and oxygen atoms in total. The van der Waals surface area contributed by atoms with E-state index in [4.69, 9.17) is 4.74 Å². The number of hydrogen-bond donors (Lipinski definition) is 1. The van der Waals surface area contributed by atoms with Crippen LogP contribution >= 0.6 is 22.9 Å². The number of ether oxygens (including phenoxy) is 1. The number of pyridine rings is 2. The van der Waals surface area contributed by atoms with E-state index in [0.717, 1.165) is 66.9 Å². The largest absolute Gasteiger partial charge is 0.465 e. The molecule has 8 heteroatoms. The number of anilines is 2. The van der Waals surface area contributed by atoms with Crippen LogP contribution in [0.1, 0.15) is 35.7 Å². The fraction of sp³-hybridized carbons (Fsp3) is 0.296. The first-order chi connectivity index (χ1) is 17.0. The second-order valence-electron chi connectivity index (χ2n) is 9.12. The summed E-state index contributed by atoms with van der Waals surface area (Å²) in [4.78, 5) is 24.7. The van der Waals surface area contributed by atoms with Gasteiger partial charge in [-0.1, -0.05) is 18.7 Å². The molecule has 0 atom stereocenters. The van der Waals surface area contributed by atoms with Gasteiger partial charge in [0, 0.05) is 55.1 Å². The Morgan fingerprint density at radius 2 is 1.94 bits per heavy atom. The van der Waals surface area contributed by atoms with Crippen LogP contribution in [0.4, 0.5) is 11.6 Å². The standard InChI is InChI=1S/C27H28IN5O2/c1-3-23(35-4-2)19-5-6-21-16-31-25(15-22(21)13-19)33(28)26(34)20-7-10-30-24(14-20)32-11-8-27(9-12-32)17-29-18-27/h3-7,10,13-16,29H,2,8-9,11-12,17-18H2,1H3/b23-3-. The number of aromatic nitrogens is 2. The molecule has 0 aliphatic carbocycles. The van der Waals surface area contributed by atoms with Crippen molar-refractivity contribution >= 4 is 56.9 Å². The van der Waals surface area contributed by atoms with Crippen molar-refractivity contribution in [1.29, 1.82) is 0 Å². The first kappa shape index (κ1) is 23.7. The van der Waals surface area contributed by atoms with Gasteiger partial charge < -0.3 is 15.0 Å². The SMILES string of the molecule is C=CO/C(=C\C)c1ccc2cnc(N(I)C(=O)c3ccnc(N4CCC5(CC4)CNC5)c3)cc2c1. The molecule has 180 valence electrons. The molecule has 0 unspecified atom stereocenters. The van der Waals surface area contributed by atoms with E-state index in [9.17, 15) is 4.79 Å². The number of fused-ring (bicyclic) bond motifs is 1. The summed E-state index contributed by atoms with van der Waals surface area (Å²) in [5.74, 6) is 2.03. The summed E-state index contributed by atoms with van der Waals surface area (Å²) < 4.78 is 7.07. The van der Waals surface area contributed by atoms with E-state index in [2.05, 4.69) is 26.8 Å². The number of nitrogens with one attached hydrogen (secondary N) is 1. The molecule has 2 aliphatic rings. The third kappa shape index (κ3) is 4.77. The van der Waals surface area contributed by atoms with Gasteiger partial charge in [0.2, 0.25) is 0 Å². The van der Waals surface area contributed by atoms with Gasteiger partial charge >= 0.3 is 0 Å². The summed E-state index contributed by atoms with van der Waals surface area (Å²) >= 11 is 2.03. The molecule has 0 bridgehead atoms. The number of hydrogen-bond acceptors (Lipinski definition) is 6. The number of nitrogens with zero attached hydrogens (tertiary/aromatic N) is 4. The highest BCUT2D eigenvalue weighted by Gasteiger charge is 2.39. The third-order valence-corrected chi connectivity index (χ3v) is 7.92. The van der Waals surface area contributed by atoms with E-state index in [1.54, 1.807) is 21.6 Å². The number of benzene rings is 1. The molecule has 1 spiro atoms. The molecule has 4 heterocycles. The maximum absolute atomic E-state index is 13.4. The molecule has 2 fully saturated rings. The Morgan fingerprint density at radius 1 is 1.14 bits per heavy atom. The smallest absolute Gasteiger partial charge is 0.268 e. The lowest BCUT2D eigenvalue weighted by atomic mass is 9.73. The fourth-order valence-corrected chi connectivity index (χ4v) is 5.31. The van der Waals surface area contributed by atoms with Crippen molar-refractivity contribution in [3.05, 3.63) is 78.8 Å². The maximum Gasteiger partial charge on any atom is 0.268 e. The summed E-state index contributed by atoms with van der Waals surface area (Å²) in [6.07, 6.45) is 9.14. The van der Waals surface area contributed by atoms with E-state index in [1.807, 2.05) is 66.2 Å². The van der Waals surface area contributed by atoms with Gasteiger partial charge in [-0.2, -0.15) is 0 Å². The van der Waals surface area contributed by atoms with Crippen LogP contribution in [0.2, 0.25) is 0 Å². The average molecular weight is 581 g/mol. The minimum absolute atomic E-state index is 0.127. The molecule has 0 saturated carbocycles. The normalized spacial score (nSPS) is 17.2. The topological polar surface area (TPSA) is 70.6 Å². The van der Waals surface area contributed by atoms with Crippen LogP contribution in [0, 0.1) is 5.41 Å². The summed E-state index contributed by atoms with van der Waals surface area (Å²) in [5, 5.41) is 5.36. The van der Waals surface area contributed by atoms with E-state index in [0.29, 0.717) is 16.8 Å². The van der Waals surface area contributed by atoms with Crippen LogP contribution in [0.25, 0.3) is 16.5 Å². The van der Waals surface area contributed by atoms with E-state index < -0.39 is 0 Å². The Kier molecular flexibility index (Phi) is 6.75. The van der Waals surface area contributed by atoms with Crippen LogP contribution in [-0.2, 0) is 4.74 Å². The molecule has 2 aromatic heterocycles. The molecule has 1 aromatic carbocycles. The maximum atomic E-state index is 13.4. The van der Waals surface area contributed by atoms with Crippen molar-refractivity contribution in [2.24, 2.45) is 5.41 Å². The van der Waals surface area contributed by atoms with Gasteiger partial charge in [-0.3, -0.25) is 4.79 Å². The summed E-state index contributed by atoms with van der Waals surface area (Å²) in [7, 11) is 0. The quantitative estimate of drug-likeness (QED) is 0.241. The highest BCUT2D eigenvalue weighted by atomic mass is 127. The zero-order valence-corrected chi connectivity index (χ0v) is 21.9. The Hall–Kier alpha value is -2.98. The van der Waals surface area contributed by atoms with Crippen molar-refractivity contribution in [2.75, 3.05) is 34.2 Å². The highest BCUT2D eigenvalue weighted by molar-refractivity contribution is 14.1. The lowest BCUT2D eigenvalue weighted by molar-refractivity contribution is 0.101. The van der Waals surface area contributed by atoms with Gasteiger partial charge in [0.05, 0.1) is 29.1 Å². The molecule has 1 amide bonds. The Labute approximate surface area is 219 Å². The van der Waals surface area contributed by atoms with E-state index in [1.165, 1.54) is 6.26 Å². The number of carbonyl (C=O) groups excluding carboxylic acids is 1. The molecular weight excluding hydrogens is 553 g/mol. The first-order valence-corrected chi connectivity index (χ1v) is 12.7. The van der Waals surface area contributed by atoms with Gasteiger partial charge in [-0.25, -0.2) is 13.1 Å². The predicted octanol–water partition coefficient (Wildman–Crippen LogP) is 5.34. The van der Waals surface area contributed by atoms with Gasteiger partial charge in [0.1, 0.15) is 17.4 Å². The van der Waals surface area contributed by atoms with E-state index in [-0.39, 0.29) is 5.91 Å². The molecule has 5 rings (SSSR count). The average Bonchev–Trinajstić information content (AvgIpc) is 2.89. The minimum Gasteiger partial charge on any atom is -0.465 e. The van der Waals surface area contributed by atoms with Gasteiger partial charge in [0.25, 0.3) is 5.91 Å². The van der Waals surface area contributed by atoms with Crippen LogP contribution < -0.4 is 13.3 Å². The lowest BCUT2D eigenvalue weighted by Crippen LogP contribution is -2.58. The van der Waals surface area contributed by atoms with Crippen LogP contribution in [0.5, 0.6) is 0 Å². The number of carbonyl (C=O) groups is 1. The monoisotopic (exact) mass is 581 g/mol. The molecule has 0 radical (unpaired) electrons. The lowest BCUT2D eigenvalue weighted by Gasteiger charge is -2.48. The number of halogens is 1. The number of piperidine rings is 1. The summed E-state index contributed by atoms with van der Waals surface area (Å²) in [5.41, 5.74) is 2.00. The van der Waals surface area contributed by atoms with Crippen LogP contribution in [0.15, 0.2) is 67.7 Å². The minimum atomic E-state index is -0.127. The Morgan fingerprint density at radius 3 is 2.63 bits per heavy atom. The molecule has 3 aromatic rings. The Balaban J connectivity index is 1.35. The van der Waals surface area contributed by atoms with E-state index >= 15 is 0 Å². The molecule has 2 saturated heterocycles.